The topological polar surface area (TPSA) is 24.6 Å². The highest BCUT2D eigenvalue weighted by molar-refractivity contribution is 5.26. The van der Waals surface area contributed by atoms with E-state index in [1.807, 2.05) is 0 Å². The van der Waals surface area contributed by atoms with Gasteiger partial charge in [0.1, 0.15) is 12.6 Å². The van der Waals surface area contributed by atoms with Gasteiger partial charge in [-0.05, 0) is 6.92 Å². The minimum Gasteiger partial charge on any atom is -0.515 e. The first-order chi connectivity index (χ1) is 3.81. The van der Waals surface area contributed by atoms with Crippen molar-refractivity contribution in [1.29, 1.82) is 0 Å². The number of nitrogens with zero attached hydrogens (tertiary/aromatic N) is 1. The Morgan fingerprint density at radius 2 is 2.50 bits per heavy atom. The van der Waals surface area contributed by atoms with E-state index in [0.29, 0.717) is 5.57 Å². The minimum atomic E-state index is 0.501. The van der Waals surface area contributed by atoms with Crippen molar-refractivity contribution in [2.75, 3.05) is 0 Å². The van der Waals surface area contributed by atoms with E-state index in [4.69, 9.17) is 11.7 Å². The van der Waals surface area contributed by atoms with Crippen molar-refractivity contribution in [3.63, 3.8) is 0 Å². The van der Waals surface area contributed by atoms with Gasteiger partial charge in [-0.15, -0.1) is 0 Å². The molecule has 0 rings (SSSR count). The van der Waals surface area contributed by atoms with Crippen LogP contribution in [0.5, 0.6) is 0 Å². The Labute approximate surface area is 48.3 Å². The molecule has 0 unspecified atom stereocenters. The molecule has 2 nitrogen and oxygen atoms in total. The Morgan fingerprint density at radius 3 is 2.88 bits per heavy atom. The molecule has 0 atom stereocenters. The molecular weight excluding hydrogens is 102 g/mol. The first kappa shape index (κ1) is 6.59. The molecule has 1 N–H and O–H groups in total. The Hall–Kier alpha value is -1.41. The van der Waals surface area contributed by atoms with Gasteiger partial charge in [-0.1, -0.05) is 5.92 Å². The molecule has 0 heterocycles. The summed E-state index contributed by atoms with van der Waals surface area (Å²) in [6, 6.07) is 2.11. The van der Waals surface area contributed by atoms with Gasteiger partial charge in [0.2, 0.25) is 0 Å². The smallest absolute Gasteiger partial charge is 0.137 e. The van der Waals surface area contributed by atoms with E-state index in [1.165, 1.54) is 0 Å². The van der Waals surface area contributed by atoms with E-state index in [1.54, 1.807) is 6.92 Å². The molecule has 0 aromatic carbocycles. The van der Waals surface area contributed by atoms with Crippen LogP contribution in [0, 0.1) is 18.5 Å². The summed E-state index contributed by atoms with van der Waals surface area (Å²) in [7, 11) is 0. The Morgan fingerprint density at radius 1 is 1.88 bits per heavy atom. The standard InChI is InChI=1S/C6H5NO/c1-6(5-8)3-4-7-2/h5,8H,1H3/b6-5+. The monoisotopic (exact) mass is 107 g/mol. The molecule has 0 aromatic rings. The second kappa shape index (κ2) is 3.77. The van der Waals surface area contributed by atoms with Crippen molar-refractivity contribution < 1.29 is 5.11 Å². The molecule has 0 bridgehead atoms. The van der Waals surface area contributed by atoms with Crippen LogP contribution in [0.15, 0.2) is 11.8 Å². The second-order valence-corrected chi connectivity index (χ2v) is 1.16. The van der Waals surface area contributed by atoms with Gasteiger partial charge in [-0.3, -0.25) is 0 Å². The maximum Gasteiger partial charge on any atom is 0.137 e. The Kier molecular flexibility index (Phi) is 3.10. The van der Waals surface area contributed by atoms with Gasteiger partial charge < -0.3 is 5.11 Å². The predicted molar refractivity (Wildman–Crippen MR) is 30.8 cm³/mol. The first-order valence-corrected chi connectivity index (χ1v) is 1.99. The van der Waals surface area contributed by atoms with Crippen molar-refractivity contribution in [1.82, 2.24) is 0 Å². The average Bonchev–Trinajstić information content (AvgIpc) is 1.83. The summed E-state index contributed by atoms with van der Waals surface area (Å²) in [4.78, 5) is 2.76. The Bertz CT molecular complexity index is 187. The molecule has 0 aliphatic heterocycles. The average molecular weight is 107 g/mol. The highest BCUT2D eigenvalue weighted by Crippen LogP contribution is 1.83. The summed E-state index contributed by atoms with van der Waals surface area (Å²) in [6.45, 7) is 7.84. The van der Waals surface area contributed by atoms with E-state index in [9.17, 15) is 0 Å². The quantitative estimate of drug-likeness (QED) is 0.282. The molecular formula is C6H5NO. The van der Waals surface area contributed by atoms with Gasteiger partial charge in [0.25, 0.3) is 0 Å². The zero-order valence-corrected chi connectivity index (χ0v) is 4.47. The van der Waals surface area contributed by atoms with Crippen molar-refractivity contribution in [2.45, 2.75) is 6.92 Å². The molecule has 0 radical (unpaired) electrons. The summed E-state index contributed by atoms with van der Waals surface area (Å²) in [5.74, 6) is 2.39. The lowest BCUT2D eigenvalue weighted by atomic mass is 10.4. The highest BCUT2D eigenvalue weighted by atomic mass is 16.2. The lowest BCUT2D eigenvalue weighted by molar-refractivity contribution is 0.469. The minimum absolute atomic E-state index is 0.501. The maximum absolute atomic E-state index is 8.19. The fourth-order valence-corrected chi connectivity index (χ4v) is 0.148. The van der Waals surface area contributed by atoms with Crippen LogP contribution in [0.25, 0.3) is 4.85 Å². The van der Waals surface area contributed by atoms with Crippen molar-refractivity contribution in [2.24, 2.45) is 0 Å². The normalized spacial score (nSPS) is 8.75. The van der Waals surface area contributed by atoms with E-state index in [2.05, 4.69) is 16.8 Å². The summed E-state index contributed by atoms with van der Waals surface area (Å²) in [5.41, 5.74) is 0.501. The van der Waals surface area contributed by atoms with E-state index in [-0.39, 0.29) is 0 Å². The molecule has 0 spiro atoms. The van der Waals surface area contributed by atoms with Crippen LogP contribution in [-0.2, 0) is 0 Å². The summed E-state index contributed by atoms with van der Waals surface area (Å²) in [5, 5.41) is 8.19. The molecule has 0 aromatic heterocycles. The summed E-state index contributed by atoms with van der Waals surface area (Å²) < 4.78 is 0. The highest BCUT2D eigenvalue weighted by Gasteiger charge is 1.71. The van der Waals surface area contributed by atoms with Gasteiger partial charge >= 0.3 is 0 Å². The van der Waals surface area contributed by atoms with E-state index < -0.39 is 0 Å². The van der Waals surface area contributed by atoms with Crippen molar-refractivity contribution >= 4 is 0 Å². The zero-order chi connectivity index (χ0) is 6.41. The zero-order valence-electron chi connectivity index (χ0n) is 4.47. The van der Waals surface area contributed by atoms with Crippen LogP contribution in [0.1, 0.15) is 6.92 Å². The number of hydrogen-bond acceptors (Lipinski definition) is 1. The van der Waals surface area contributed by atoms with Gasteiger partial charge in [-0.25, -0.2) is 0 Å². The van der Waals surface area contributed by atoms with Crippen LogP contribution in [-0.4, -0.2) is 5.11 Å². The van der Waals surface area contributed by atoms with Crippen molar-refractivity contribution in [3.8, 4) is 12.0 Å². The fraction of sp³-hybridized carbons (Fsp3) is 0.167. The molecule has 8 heavy (non-hydrogen) atoms. The molecule has 0 aliphatic rings. The van der Waals surface area contributed by atoms with Crippen molar-refractivity contribution in [3.05, 3.63) is 23.3 Å². The molecule has 40 valence electrons. The van der Waals surface area contributed by atoms with Gasteiger partial charge in [-0.2, -0.15) is 4.85 Å². The van der Waals surface area contributed by atoms with Gasteiger partial charge in [0.15, 0.2) is 0 Å². The number of allylic oxidation sites excluding steroid dienone is 1. The third-order valence-corrected chi connectivity index (χ3v) is 0.503. The number of aliphatic hydroxyl groups is 1. The van der Waals surface area contributed by atoms with E-state index >= 15 is 0 Å². The second-order valence-electron chi connectivity index (χ2n) is 1.16. The maximum atomic E-state index is 8.19. The molecule has 0 saturated carbocycles. The SMILES string of the molecule is [C-]#[N+]C#C/C(C)=C/O. The van der Waals surface area contributed by atoms with Gasteiger partial charge in [0, 0.05) is 5.57 Å². The molecule has 0 aliphatic carbocycles. The summed E-state index contributed by atoms with van der Waals surface area (Å²) in [6.07, 6.45) is 0.873. The predicted octanol–water partition coefficient (Wildman–Crippen LogP) is 1.33. The number of aliphatic hydroxyl groups excluding tert-OH is 1. The molecule has 0 amide bonds. The molecule has 0 saturated heterocycles. The number of hydrogen-bond donors (Lipinski definition) is 1. The van der Waals surface area contributed by atoms with Gasteiger partial charge in [0.05, 0.1) is 6.26 Å². The third-order valence-electron chi connectivity index (χ3n) is 0.503. The van der Waals surface area contributed by atoms with Crippen LogP contribution in [0.3, 0.4) is 0 Å². The summed E-state index contributed by atoms with van der Waals surface area (Å²) >= 11 is 0. The molecule has 0 fully saturated rings. The molecule has 2 heteroatoms. The third kappa shape index (κ3) is 2.81. The van der Waals surface area contributed by atoms with Crippen LogP contribution < -0.4 is 0 Å². The lowest BCUT2D eigenvalue weighted by Crippen LogP contribution is -1.64. The van der Waals surface area contributed by atoms with Crippen LogP contribution in [0.2, 0.25) is 0 Å². The van der Waals surface area contributed by atoms with Crippen LogP contribution >= 0.6 is 0 Å². The first-order valence-electron chi connectivity index (χ1n) is 1.99. The number of rotatable bonds is 0. The fourth-order valence-electron chi connectivity index (χ4n) is 0.148. The lowest BCUT2D eigenvalue weighted by Gasteiger charge is -1.76. The largest absolute Gasteiger partial charge is 0.515 e. The van der Waals surface area contributed by atoms with E-state index in [0.717, 1.165) is 6.26 Å². The Balaban J connectivity index is 3.94. The van der Waals surface area contributed by atoms with Crippen LogP contribution in [0.4, 0.5) is 0 Å².